The number of pyridine rings is 1. The van der Waals surface area contributed by atoms with Gasteiger partial charge in [0.1, 0.15) is 0 Å². The van der Waals surface area contributed by atoms with Crippen LogP contribution in [0.25, 0.3) is 11.4 Å². The van der Waals surface area contributed by atoms with Gasteiger partial charge in [-0.15, -0.1) is 0 Å². The maximum Gasteiger partial charge on any atom is 0.195 e. The Labute approximate surface area is 117 Å². The molecular formula is C14H18N4S. The van der Waals surface area contributed by atoms with E-state index in [0.29, 0.717) is 6.04 Å². The minimum Gasteiger partial charge on any atom is -0.297 e. The third kappa shape index (κ3) is 2.47. The molecule has 0 spiro atoms. The standard InChI is InChI=1S/C14H18N4S/c1-10-4-6-12(7-5-10)18-13(16-17-14(18)19)11-3-2-8-15-9-11/h2-3,8-10,12H,4-7H2,1H3,(H,17,19). The van der Waals surface area contributed by atoms with Crippen LogP contribution in [-0.4, -0.2) is 19.7 Å². The fraction of sp³-hybridized carbons (Fsp3) is 0.500. The molecule has 1 saturated carbocycles. The monoisotopic (exact) mass is 274 g/mol. The molecule has 3 rings (SSSR count). The Hall–Kier alpha value is -1.49. The van der Waals surface area contributed by atoms with Crippen LogP contribution in [0, 0.1) is 10.7 Å². The third-order valence-electron chi connectivity index (χ3n) is 3.97. The highest BCUT2D eigenvalue weighted by atomic mass is 32.1. The minimum absolute atomic E-state index is 0.470. The van der Waals surface area contributed by atoms with E-state index in [0.717, 1.165) is 22.1 Å². The van der Waals surface area contributed by atoms with E-state index in [-0.39, 0.29) is 0 Å². The lowest BCUT2D eigenvalue weighted by atomic mass is 9.87. The molecule has 2 aromatic heterocycles. The quantitative estimate of drug-likeness (QED) is 0.848. The molecule has 2 aromatic rings. The molecule has 0 radical (unpaired) electrons. The number of hydrogen-bond acceptors (Lipinski definition) is 3. The normalized spacial score (nSPS) is 23.4. The highest BCUT2D eigenvalue weighted by Crippen LogP contribution is 2.34. The van der Waals surface area contributed by atoms with Crippen LogP contribution in [0.2, 0.25) is 0 Å². The number of H-pyrrole nitrogens is 1. The van der Waals surface area contributed by atoms with E-state index in [1.165, 1.54) is 25.7 Å². The molecule has 0 aliphatic heterocycles. The molecule has 0 bridgehead atoms. The maximum atomic E-state index is 5.41. The second kappa shape index (κ2) is 5.25. The lowest BCUT2D eigenvalue weighted by molar-refractivity contribution is 0.289. The van der Waals surface area contributed by atoms with Gasteiger partial charge in [0.05, 0.1) is 0 Å². The summed E-state index contributed by atoms with van der Waals surface area (Å²) in [6.45, 7) is 2.33. The average Bonchev–Trinajstić information content (AvgIpc) is 2.83. The van der Waals surface area contributed by atoms with Crippen molar-refractivity contribution in [2.75, 3.05) is 0 Å². The molecule has 1 aliphatic rings. The molecule has 1 N–H and O–H groups in total. The van der Waals surface area contributed by atoms with Gasteiger partial charge in [0.25, 0.3) is 0 Å². The predicted molar refractivity (Wildman–Crippen MR) is 77.3 cm³/mol. The Kier molecular flexibility index (Phi) is 3.46. The highest BCUT2D eigenvalue weighted by molar-refractivity contribution is 7.71. The Balaban J connectivity index is 1.98. The molecule has 4 nitrogen and oxygen atoms in total. The summed E-state index contributed by atoms with van der Waals surface area (Å²) in [5.74, 6) is 1.75. The lowest BCUT2D eigenvalue weighted by Gasteiger charge is -2.27. The Morgan fingerprint density at radius 2 is 2.11 bits per heavy atom. The molecule has 0 aromatic carbocycles. The molecule has 19 heavy (non-hydrogen) atoms. The van der Waals surface area contributed by atoms with Crippen LogP contribution in [0.3, 0.4) is 0 Å². The first-order valence-electron chi connectivity index (χ1n) is 6.83. The van der Waals surface area contributed by atoms with E-state index in [4.69, 9.17) is 12.2 Å². The summed E-state index contributed by atoms with van der Waals surface area (Å²) in [7, 11) is 0. The van der Waals surface area contributed by atoms with E-state index in [1.807, 2.05) is 18.3 Å². The van der Waals surface area contributed by atoms with Crippen molar-refractivity contribution >= 4 is 12.2 Å². The number of hydrogen-bond donors (Lipinski definition) is 1. The summed E-state index contributed by atoms with van der Waals surface area (Å²) < 4.78 is 2.90. The van der Waals surface area contributed by atoms with Crippen LogP contribution in [-0.2, 0) is 0 Å². The number of rotatable bonds is 2. The second-order valence-corrected chi connectivity index (χ2v) is 5.76. The Morgan fingerprint density at radius 1 is 1.32 bits per heavy atom. The minimum atomic E-state index is 0.470. The van der Waals surface area contributed by atoms with Crippen molar-refractivity contribution in [3.63, 3.8) is 0 Å². The van der Waals surface area contributed by atoms with Crippen LogP contribution in [0.15, 0.2) is 24.5 Å². The van der Waals surface area contributed by atoms with Gasteiger partial charge in [-0.05, 0) is 56.0 Å². The predicted octanol–water partition coefficient (Wildman–Crippen LogP) is 3.75. The van der Waals surface area contributed by atoms with Gasteiger partial charge in [0.2, 0.25) is 0 Å². The van der Waals surface area contributed by atoms with Crippen molar-refractivity contribution in [2.24, 2.45) is 5.92 Å². The summed E-state index contributed by atoms with van der Waals surface area (Å²) in [6.07, 6.45) is 8.52. The topological polar surface area (TPSA) is 46.5 Å². The van der Waals surface area contributed by atoms with Gasteiger partial charge in [0, 0.05) is 24.0 Å². The van der Waals surface area contributed by atoms with Gasteiger partial charge in [-0.2, -0.15) is 5.10 Å². The van der Waals surface area contributed by atoms with Crippen molar-refractivity contribution in [1.29, 1.82) is 0 Å². The maximum absolute atomic E-state index is 5.41. The molecule has 1 fully saturated rings. The van der Waals surface area contributed by atoms with E-state index < -0.39 is 0 Å². The van der Waals surface area contributed by atoms with Crippen LogP contribution in [0.5, 0.6) is 0 Å². The van der Waals surface area contributed by atoms with Crippen molar-refractivity contribution < 1.29 is 0 Å². The Morgan fingerprint density at radius 3 is 2.79 bits per heavy atom. The van der Waals surface area contributed by atoms with Crippen molar-refractivity contribution in [2.45, 2.75) is 38.6 Å². The number of aromatic amines is 1. The van der Waals surface area contributed by atoms with Crippen molar-refractivity contribution in [3.8, 4) is 11.4 Å². The first kappa shape index (κ1) is 12.5. The fourth-order valence-electron chi connectivity index (χ4n) is 2.84. The molecule has 0 amide bonds. The number of aromatic nitrogens is 4. The first-order chi connectivity index (χ1) is 9.25. The zero-order valence-electron chi connectivity index (χ0n) is 11.0. The summed E-state index contributed by atoms with van der Waals surface area (Å²) >= 11 is 5.41. The SMILES string of the molecule is CC1CCC(n2c(-c3cccnc3)n[nH]c2=S)CC1. The molecule has 100 valence electrons. The van der Waals surface area contributed by atoms with E-state index >= 15 is 0 Å². The first-order valence-corrected chi connectivity index (χ1v) is 7.24. The summed E-state index contributed by atoms with van der Waals surface area (Å²) in [6, 6.07) is 4.43. The van der Waals surface area contributed by atoms with Crippen molar-refractivity contribution in [3.05, 3.63) is 29.3 Å². The number of nitrogens with one attached hydrogen (secondary N) is 1. The molecular weight excluding hydrogens is 256 g/mol. The molecule has 2 heterocycles. The third-order valence-corrected chi connectivity index (χ3v) is 4.26. The highest BCUT2D eigenvalue weighted by Gasteiger charge is 2.23. The summed E-state index contributed by atoms with van der Waals surface area (Å²) in [4.78, 5) is 4.17. The van der Waals surface area contributed by atoms with Gasteiger partial charge in [-0.25, -0.2) is 0 Å². The zero-order valence-corrected chi connectivity index (χ0v) is 11.9. The molecule has 5 heteroatoms. The Bertz CT molecular complexity index is 593. The molecule has 0 atom stereocenters. The average molecular weight is 274 g/mol. The summed E-state index contributed by atoms with van der Waals surface area (Å²) in [5, 5.41) is 7.32. The zero-order chi connectivity index (χ0) is 13.2. The second-order valence-electron chi connectivity index (χ2n) is 5.38. The largest absolute Gasteiger partial charge is 0.297 e. The van der Waals surface area contributed by atoms with Gasteiger partial charge in [-0.1, -0.05) is 6.92 Å². The van der Waals surface area contributed by atoms with Crippen LogP contribution in [0.4, 0.5) is 0 Å². The fourth-order valence-corrected chi connectivity index (χ4v) is 3.12. The van der Waals surface area contributed by atoms with Gasteiger partial charge < -0.3 is 0 Å². The van der Waals surface area contributed by atoms with Gasteiger partial charge in [0.15, 0.2) is 10.6 Å². The van der Waals surface area contributed by atoms with E-state index in [1.54, 1.807) is 6.20 Å². The number of nitrogens with zero attached hydrogens (tertiary/aromatic N) is 3. The molecule has 0 saturated heterocycles. The molecule has 1 aliphatic carbocycles. The van der Waals surface area contributed by atoms with Crippen LogP contribution < -0.4 is 0 Å². The van der Waals surface area contributed by atoms with Crippen molar-refractivity contribution in [1.82, 2.24) is 19.7 Å². The van der Waals surface area contributed by atoms with E-state index in [2.05, 4.69) is 26.7 Å². The van der Waals surface area contributed by atoms with E-state index in [9.17, 15) is 0 Å². The molecule has 0 unspecified atom stereocenters. The van der Waals surface area contributed by atoms with Crippen LogP contribution >= 0.6 is 12.2 Å². The van der Waals surface area contributed by atoms with Gasteiger partial charge in [-0.3, -0.25) is 14.6 Å². The van der Waals surface area contributed by atoms with Crippen LogP contribution in [0.1, 0.15) is 38.6 Å². The smallest absolute Gasteiger partial charge is 0.195 e. The van der Waals surface area contributed by atoms with Gasteiger partial charge >= 0.3 is 0 Å². The summed E-state index contributed by atoms with van der Waals surface area (Å²) in [5.41, 5.74) is 1.02. The lowest BCUT2D eigenvalue weighted by Crippen LogP contribution is -2.17.